The van der Waals surface area contributed by atoms with Crippen LogP contribution in [-0.2, 0) is 14.8 Å². The van der Waals surface area contributed by atoms with E-state index in [2.05, 4.69) is 0 Å². The van der Waals surface area contributed by atoms with Gasteiger partial charge in [-0.15, -0.1) is 0 Å². The molecule has 8 nitrogen and oxygen atoms in total. The van der Waals surface area contributed by atoms with Crippen molar-refractivity contribution in [1.82, 2.24) is 4.57 Å². The van der Waals surface area contributed by atoms with Gasteiger partial charge in [0.1, 0.15) is 5.75 Å². The number of hydrogen-bond acceptors (Lipinski definition) is 6. The minimum atomic E-state index is -3.79. The van der Waals surface area contributed by atoms with Crippen LogP contribution in [0.4, 0.5) is 0 Å². The summed E-state index contributed by atoms with van der Waals surface area (Å²) in [6.45, 7) is 3.18. The topological polar surface area (TPSA) is 118 Å². The van der Waals surface area contributed by atoms with E-state index in [1.165, 1.54) is 19.2 Å². The van der Waals surface area contributed by atoms with E-state index in [4.69, 9.17) is 14.6 Å². The summed E-state index contributed by atoms with van der Waals surface area (Å²) in [5.74, 6) is -0.345. The number of aromatic nitrogens is 1. The van der Waals surface area contributed by atoms with Crippen molar-refractivity contribution in [3.05, 3.63) is 77.1 Å². The second kappa shape index (κ2) is 8.75. The number of ether oxygens (including phenoxy) is 2. The zero-order valence-electron chi connectivity index (χ0n) is 17.3. The van der Waals surface area contributed by atoms with Crippen LogP contribution in [-0.4, -0.2) is 38.5 Å². The molecule has 0 aliphatic carbocycles. The highest BCUT2D eigenvalue weighted by molar-refractivity contribution is 7.89. The fraction of sp³-hybridized carbons (Fsp3) is 0.182. The maximum atomic E-state index is 12.7. The lowest BCUT2D eigenvalue weighted by Gasteiger charge is -2.11. The molecular weight excluding hydrogens is 420 g/mol. The molecule has 3 aromatic rings. The normalized spacial score (nSPS) is 11.2. The number of carbonyl (C=O) groups excluding carboxylic acids is 2. The van der Waals surface area contributed by atoms with E-state index >= 15 is 0 Å². The molecule has 0 radical (unpaired) electrons. The van der Waals surface area contributed by atoms with Gasteiger partial charge in [0, 0.05) is 22.6 Å². The van der Waals surface area contributed by atoms with Crippen LogP contribution < -0.4 is 9.88 Å². The van der Waals surface area contributed by atoms with Crippen LogP contribution in [0.25, 0.3) is 5.69 Å². The maximum absolute atomic E-state index is 12.7. The van der Waals surface area contributed by atoms with Gasteiger partial charge in [0.2, 0.25) is 15.8 Å². The number of hydrogen-bond donors (Lipinski definition) is 1. The Balaban J connectivity index is 1.76. The number of ketones is 1. The Labute approximate surface area is 180 Å². The van der Waals surface area contributed by atoms with Crippen LogP contribution in [0, 0.1) is 13.8 Å². The van der Waals surface area contributed by atoms with Crippen molar-refractivity contribution >= 4 is 21.8 Å². The minimum absolute atomic E-state index is 0.000423. The van der Waals surface area contributed by atoms with Gasteiger partial charge in [-0.05, 0) is 68.4 Å². The Kier molecular flexibility index (Phi) is 6.28. The van der Waals surface area contributed by atoms with Gasteiger partial charge in [-0.1, -0.05) is 0 Å². The van der Waals surface area contributed by atoms with E-state index < -0.39 is 22.6 Å². The Bertz CT molecular complexity index is 1230. The molecule has 2 aromatic carbocycles. The van der Waals surface area contributed by atoms with Crippen molar-refractivity contribution < 1.29 is 27.5 Å². The van der Waals surface area contributed by atoms with Crippen LogP contribution in [0.5, 0.6) is 5.75 Å². The molecule has 0 bridgehead atoms. The Morgan fingerprint density at radius 1 is 1.00 bits per heavy atom. The second-order valence-corrected chi connectivity index (χ2v) is 8.45. The molecule has 0 saturated heterocycles. The summed E-state index contributed by atoms with van der Waals surface area (Å²) in [5.41, 5.74) is 2.82. The third-order valence-electron chi connectivity index (χ3n) is 4.82. The number of rotatable bonds is 7. The zero-order chi connectivity index (χ0) is 22.8. The average Bonchev–Trinajstić information content (AvgIpc) is 3.05. The molecule has 1 aromatic heterocycles. The molecular formula is C22H22N2O6S. The molecule has 0 atom stereocenters. The van der Waals surface area contributed by atoms with Crippen LogP contribution >= 0.6 is 0 Å². The van der Waals surface area contributed by atoms with Crippen molar-refractivity contribution in [2.24, 2.45) is 5.14 Å². The number of nitrogens with two attached hydrogens (primary N) is 1. The van der Waals surface area contributed by atoms with Crippen molar-refractivity contribution in [3.63, 3.8) is 0 Å². The lowest BCUT2D eigenvalue weighted by molar-refractivity contribution is 0.0474. The first-order chi connectivity index (χ1) is 14.6. The van der Waals surface area contributed by atoms with Crippen LogP contribution in [0.3, 0.4) is 0 Å². The SMILES string of the molecule is COc1ccc(C(=O)OCC(=O)c2cc(C)n(-c3ccc(S(N)(=O)=O)cc3)c2C)cc1. The molecule has 31 heavy (non-hydrogen) atoms. The number of Topliss-reactive ketones (excluding diaryl/α,β-unsaturated/α-hetero) is 1. The smallest absolute Gasteiger partial charge is 0.338 e. The molecule has 0 unspecified atom stereocenters. The predicted molar refractivity (Wildman–Crippen MR) is 114 cm³/mol. The molecule has 0 fully saturated rings. The molecule has 3 rings (SSSR count). The lowest BCUT2D eigenvalue weighted by atomic mass is 10.1. The maximum Gasteiger partial charge on any atom is 0.338 e. The number of primary sulfonamides is 1. The Morgan fingerprint density at radius 3 is 2.16 bits per heavy atom. The molecule has 162 valence electrons. The highest BCUT2D eigenvalue weighted by Crippen LogP contribution is 2.22. The first-order valence-electron chi connectivity index (χ1n) is 9.28. The average molecular weight is 442 g/mol. The van der Waals surface area contributed by atoms with Crippen LogP contribution in [0.2, 0.25) is 0 Å². The van der Waals surface area contributed by atoms with Gasteiger partial charge >= 0.3 is 5.97 Å². The van der Waals surface area contributed by atoms with Crippen molar-refractivity contribution in [2.45, 2.75) is 18.7 Å². The quantitative estimate of drug-likeness (QED) is 0.444. The third kappa shape index (κ3) is 4.84. The number of nitrogens with zero attached hydrogens (tertiary/aromatic N) is 1. The number of carbonyl (C=O) groups is 2. The molecule has 2 N–H and O–H groups in total. The molecule has 0 aliphatic heterocycles. The number of benzene rings is 2. The molecule has 0 amide bonds. The van der Waals surface area contributed by atoms with Gasteiger partial charge in [-0.3, -0.25) is 4.79 Å². The van der Waals surface area contributed by atoms with E-state index in [-0.39, 0.29) is 10.7 Å². The van der Waals surface area contributed by atoms with Gasteiger partial charge in [0.05, 0.1) is 17.6 Å². The Hall–Kier alpha value is -3.43. The first kappa shape index (κ1) is 22.3. The number of esters is 1. The molecule has 1 heterocycles. The minimum Gasteiger partial charge on any atom is -0.497 e. The Morgan fingerprint density at radius 2 is 1.61 bits per heavy atom. The summed E-state index contributed by atoms with van der Waals surface area (Å²) in [5, 5.41) is 5.14. The van der Waals surface area contributed by atoms with E-state index in [0.717, 1.165) is 5.69 Å². The van der Waals surface area contributed by atoms with E-state index in [1.54, 1.807) is 49.4 Å². The summed E-state index contributed by atoms with van der Waals surface area (Å²) < 4.78 is 34.9. The van der Waals surface area contributed by atoms with Gasteiger partial charge in [0.15, 0.2) is 6.61 Å². The molecule has 0 spiro atoms. The zero-order valence-corrected chi connectivity index (χ0v) is 18.1. The van der Waals surface area contributed by atoms with Crippen LogP contribution in [0.1, 0.15) is 32.1 Å². The fourth-order valence-corrected chi connectivity index (χ4v) is 3.76. The van der Waals surface area contributed by atoms with Crippen molar-refractivity contribution in [2.75, 3.05) is 13.7 Å². The number of aryl methyl sites for hydroxylation is 1. The number of sulfonamides is 1. The first-order valence-corrected chi connectivity index (χ1v) is 10.8. The van der Waals surface area contributed by atoms with Gasteiger partial charge < -0.3 is 14.0 Å². The van der Waals surface area contributed by atoms with Crippen molar-refractivity contribution in [3.8, 4) is 11.4 Å². The highest BCUT2D eigenvalue weighted by atomic mass is 32.2. The fourth-order valence-electron chi connectivity index (χ4n) is 3.25. The highest BCUT2D eigenvalue weighted by Gasteiger charge is 2.19. The summed E-state index contributed by atoms with van der Waals surface area (Å²) in [4.78, 5) is 24.9. The van der Waals surface area contributed by atoms with E-state index in [9.17, 15) is 18.0 Å². The standard InChI is InChI=1S/C22H22N2O6S/c1-14-12-20(15(2)24(14)17-6-10-19(11-7-17)31(23,27)28)21(25)13-30-22(26)16-4-8-18(29-3)9-5-16/h4-12H,13H2,1-3H3,(H2,23,27,28). The third-order valence-corrected chi connectivity index (χ3v) is 5.74. The molecule has 0 aliphatic rings. The monoisotopic (exact) mass is 442 g/mol. The molecule has 0 saturated carbocycles. The van der Waals surface area contributed by atoms with Gasteiger partial charge in [-0.2, -0.15) is 0 Å². The lowest BCUT2D eigenvalue weighted by Crippen LogP contribution is -2.15. The largest absolute Gasteiger partial charge is 0.497 e. The van der Waals surface area contributed by atoms with Crippen LogP contribution in [0.15, 0.2) is 59.5 Å². The summed E-state index contributed by atoms with van der Waals surface area (Å²) >= 11 is 0. The van der Waals surface area contributed by atoms with Crippen molar-refractivity contribution in [1.29, 1.82) is 0 Å². The summed E-state index contributed by atoms with van der Waals surface area (Å²) in [6.07, 6.45) is 0. The summed E-state index contributed by atoms with van der Waals surface area (Å²) in [7, 11) is -2.27. The van der Waals surface area contributed by atoms with Gasteiger partial charge in [0.25, 0.3) is 0 Å². The van der Waals surface area contributed by atoms with E-state index in [0.29, 0.717) is 28.3 Å². The van der Waals surface area contributed by atoms with E-state index in [1.807, 2.05) is 11.5 Å². The second-order valence-electron chi connectivity index (χ2n) is 6.89. The number of methoxy groups -OCH3 is 1. The summed E-state index contributed by atoms with van der Waals surface area (Å²) in [6, 6.07) is 14.1. The predicted octanol–water partition coefficient (Wildman–Crippen LogP) is 2.79. The molecule has 9 heteroatoms. The van der Waals surface area contributed by atoms with Gasteiger partial charge in [-0.25, -0.2) is 18.4 Å².